The average Bonchev–Trinajstić information content (AvgIpc) is 2.40. The second-order valence-electron chi connectivity index (χ2n) is 4.70. The van der Waals surface area contributed by atoms with Crippen LogP contribution in [-0.2, 0) is 0 Å². The summed E-state index contributed by atoms with van der Waals surface area (Å²) in [6, 6.07) is 4.22. The number of nitrogens with one attached hydrogen (secondary N) is 1. The maximum Gasteiger partial charge on any atom is 0.258 e. The minimum atomic E-state index is -0.584. The van der Waals surface area contributed by atoms with Gasteiger partial charge in [0, 0.05) is 6.04 Å². The highest BCUT2D eigenvalue weighted by molar-refractivity contribution is 6.21. The summed E-state index contributed by atoms with van der Waals surface area (Å²) in [4.78, 5) is 12.2. The van der Waals surface area contributed by atoms with Crippen molar-refractivity contribution in [2.75, 3.05) is 7.11 Å². The van der Waals surface area contributed by atoms with Crippen molar-refractivity contribution < 1.29 is 13.9 Å². The van der Waals surface area contributed by atoms with Crippen LogP contribution in [0.1, 0.15) is 36.0 Å². The van der Waals surface area contributed by atoms with Crippen LogP contribution < -0.4 is 10.1 Å². The van der Waals surface area contributed by atoms with Gasteiger partial charge < -0.3 is 10.1 Å². The molecule has 1 aromatic carbocycles. The molecule has 3 nitrogen and oxygen atoms in total. The van der Waals surface area contributed by atoms with Gasteiger partial charge in [-0.3, -0.25) is 4.79 Å². The summed E-state index contributed by atoms with van der Waals surface area (Å²) in [5, 5.41) is 2.72. The van der Waals surface area contributed by atoms with E-state index in [0.29, 0.717) is 0 Å². The molecule has 1 saturated carbocycles. The number of methoxy groups -OCH3 is 1. The van der Waals surface area contributed by atoms with Gasteiger partial charge >= 0.3 is 0 Å². The molecule has 2 rings (SSSR count). The molecule has 0 spiro atoms. The van der Waals surface area contributed by atoms with Crippen LogP contribution in [0.25, 0.3) is 0 Å². The standard InChI is InChI=1S/C14H17ClFNO2/c1-19-12-8-4-6-10(16)13(12)14(18)17-11-7-3-2-5-9(11)15/h4,6,8-9,11H,2-3,5,7H2,1H3,(H,17,18). The Morgan fingerprint density at radius 3 is 2.84 bits per heavy atom. The minimum Gasteiger partial charge on any atom is -0.496 e. The van der Waals surface area contributed by atoms with Gasteiger partial charge in [0.25, 0.3) is 5.91 Å². The number of hydrogen-bond acceptors (Lipinski definition) is 2. The van der Waals surface area contributed by atoms with Gasteiger partial charge in [-0.05, 0) is 25.0 Å². The number of benzene rings is 1. The number of ether oxygens (including phenoxy) is 1. The van der Waals surface area contributed by atoms with E-state index < -0.39 is 11.7 Å². The van der Waals surface area contributed by atoms with Crippen LogP contribution in [0.4, 0.5) is 4.39 Å². The van der Waals surface area contributed by atoms with Crippen molar-refractivity contribution in [3.63, 3.8) is 0 Å². The molecule has 0 bridgehead atoms. The molecule has 2 unspecified atom stereocenters. The molecule has 0 aromatic heterocycles. The van der Waals surface area contributed by atoms with E-state index in [1.165, 1.54) is 19.2 Å². The summed E-state index contributed by atoms with van der Waals surface area (Å²) in [5.74, 6) is -0.814. The zero-order valence-electron chi connectivity index (χ0n) is 10.8. The summed E-state index contributed by atoms with van der Waals surface area (Å²) in [6.07, 6.45) is 3.81. The normalized spacial score (nSPS) is 22.9. The summed E-state index contributed by atoms with van der Waals surface area (Å²) >= 11 is 6.19. The Hall–Kier alpha value is -1.29. The molecule has 1 aromatic rings. The number of amides is 1. The first-order valence-electron chi connectivity index (χ1n) is 6.41. The van der Waals surface area contributed by atoms with E-state index in [1.807, 2.05) is 0 Å². The maximum atomic E-state index is 13.8. The summed E-state index contributed by atoms with van der Waals surface area (Å²) < 4.78 is 18.8. The van der Waals surface area contributed by atoms with Gasteiger partial charge in [0.15, 0.2) is 0 Å². The predicted molar refractivity (Wildman–Crippen MR) is 72.3 cm³/mol. The Labute approximate surface area is 117 Å². The fourth-order valence-electron chi connectivity index (χ4n) is 2.38. The third-order valence-corrected chi connectivity index (χ3v) is 3.94. The zero-order chi connectivity index (χ0) is 13.8. The number of hydrogen-bond donors (Lipinski definition) is 1. The molecule has 0 aliphatic heterocycles. The van der Waals surface area contributed by atoms with E-state index in [2.05, 4.69) is 5.32 Å². The number of rotatable bonds is 3. The monoisotopic (exact) mass is 285 g/mol. The Balaban J connectivity index is 2.15. The highest BCUT2D eigenvalue weighted by Gasteiger charge is 2.27. The maximum absolute atomic E-state index is 13.8. The molecule has 1 N–H and O–H groups in total. The van der Waals surface area contributed by atoms with Crippen molar-refractivity contribution in [2.45, 2.75) is 37.1 Å². The molecule has 1 aliphatic rings. The summed E-state index contributed by atoms with van der Waals surface area (Å²) in [7, 11) is 1.41. The lowest BCUT2D eigenvalue weighted by Crippen LogP contribution is -2.43. The SMILES string of the molecule is COc1cccc(F)c1C(=O)NC1CCCCC1Cl. The molecular weight excluding hydrogens is 269 g/mol. The van der Waals surface area contributed by atoms with Crippen LogP contribution in [0.2, 0.25) is 0 Å². The van der Waals surface area contributed by atoms with E-state index in [1.54, 1.807) is 6.07 Å². The molecule has 2 atom stereocenters. The van der Waals surface area contributed by atoms with Crippen molar-refractivity contribution >= 4 is 17.5 Å². The third-order valence-electron chi connectivity index (χ3n) is 3.42. The zero-order valence-corrected chi connectivity index (χ0v) is 11.5. The molecule has 0 radical (unpaired) electrons. The molecule has 1 amide bonds. The summed E-state index contributed by atoms with van der Waals surface area (Å²) in [6.45, 7) is 0. The topological polar surface area (TPSA) is 38.3 Å². The largest absolute Gasteiger partial charge is 0.496 e. The Morgan fingerprint density at radius 1 is 1.42 bits per heavy atom. The van der Waals surface area contributed by atoms with Crippen LogP contribution in [0.5, 0.6) is 5.75 Å². The fourth-order valence-corrected chi connectivity index (χ4v) is 2.73. The van der Waals surface area contributed by atoms with Gasteiger partial charge in [-0.2, -0.15) is 0 Å². The molecule has 19 heavy (non-hydrogen) atoms. The van der Waals surface area contributed by atoms with Crippen molar-refractivity contribution in [3.8, 4) is 5.75 Å². The van der Waals surface area contributed by atoms with Crippen molar-refractivity contribution in [2.24, 2.45) is 0 Å². The van der Waals surface area contributed by atoms with Crippen LogP contribution in [0.15, 0.2) is 18.2 Å². The third kappa shape index (κ3) is 3.18. The van der Waals surface area contributed by atoms with Crippen molar-refractivity contribution in [1.29, 1.82) is 0 Å². The summed E-state index contributed by atoms with van der Waals surface area (Å²) in [5.41, 5.74) is -0.0561. The van der Waals surface area contributed by atoms with Crippen LogP contribution in [0.3, 0.4) is 0 Å². The second kappa shape index (κ2) is 6.24. The van der Waals surface area contributed by atoms with Crippen molar-refractivity contribution in [1.82, 2.24) is 5.32 Å². The fraction of sp³-hybridized carbons (Fsp3) is 0.500. The number of carbonyl (C=O) groups excluding carboxylic acids is 1. The average molecular weight is 286 g/mol. The second-order valence-corrected chi connectivity index (χ2v) is 5.26. The Bertz CT molecular complexity index is 467. The molecule has 1 aliphatic carbocycles. The van der Waals surface area contributed by atoms with E-state index in [9.17, 15) is 9.18 Å². The quantitative estimate of drug-likeness (QED) is 0.867. The van der Waals surface area contributed by atoms with Gasteiger partial charge in [0.05, 0.1) is 12.5 Å². The molecule has 1 fully saturated rings. The van der Waals surface area contributed by atoms with Crippen molar-refractivity contribution in [3.05, 3.63) is 29.6 Å². The Kier molecular flexibility index (Phi) is 4.64. The lowest BCUT2D eigenvalue weighted by molar-refractivity contribution is 0.0921. The molecule has 0 saturated heterocycles. The minimum absolute atomic E-state index is 0.0561. The highest BCUT2D eigenvalue weighted by Crippen LogP contribution is 2.25. The van der Waals surface area contributed by atoms with E-state index in [4.69, 9.17) is 16.3 Å². The molecule has 5 heteroatoms. The van der Waals surface area contributed by atoms with E-state index in [-0.39, 0.29) is 22.7 Å². The highest BCUT2D eigenvalue weighted by atomic mass is 35.5. The van der Waals surface area contributed by atoms with Gasteiger partial charge in [-0.1, -0.05) is 18.9 Å². The lowest BCUT2D eigenvalue weighted by Gasteiger charge is -2.28. The lowest BCUT2D eigenvalue weighted by atomic mass is 9.94. The van der Waals surface area contributed by atoms with E-state index >= 15 is 0 Å². The molecule has 0 heterocycles. The van der Waals surface area contributed by atoms with Gasteiger partial charge in [0.2, 0.25) is 0 Å². The van der Waals surface area contributed by atoms with Crippen LogP contribution in [0, 0.1) is 5.82 Å². The number of halogens is 2. The van der Waals surface area contributed by atoms with Gasteiger partial charge in [-0.25, -0.2) is 4.39 Å². The van der Waals surface area contributed by atoms with Gasteiger partial charge in [0.1, 0.15) is 17.1 Å². The first-order valence-corrected chi connectivity index (χ1v) is 6.84. The Morgan fingerprint density at radius 2 is 2.16 bits per heavy atom. The first kappa shape index (κ1) is 14.1. The first-order chi connectivity index (χ1) is 9.13. The predicted octanol–water partition coefficient (Wildman–Crippen LogP) is 3.11. The molecular formula is C14H17ClFNO2. The van der Waals surface area contributed by atoms with Gasteiger partial charge in [-0.15, -0.1) is 11.6 Å². The smallest absolute Gasteiger partial charge is 0.258 e. The van der Waals surface area contributed by atoms with Crippen LogP contribution >= 0.6 is 11.6 Å². The molecule has 104 valence electrons. The number of alkyl halides is 1. The van der Waals surface area contributed by atoms with E-state index in [0.717, 1.165) is 25.7 Å². The van der Waals surface area contributed by atoms with Crippen LogP contribution in [-0.4, -0.2) is 24.4 Å². The number of carbonyl (C=O) groups is 1.